The van der Waals surface area contributed by atoms with E-state index in [0.29, 0.717) is 11.3 Å². The van der Waals surface area contributed by atoms with Gasteiger partial charge in [0, 0.05) is 22.6 Å². The lowest BCUT2D eigenvalue weighted by atomic mass is 10.2. The Bertz CT molecular complexity index is 919. The first-order valence-corrected chi connectivity index (χ1v) is 8.72. The molecule has 26 heavy (non-hydrogen) atoms. The summed E-state index contributed by atoms with van der Waals surface area (Å²) in [7, 11) is 1.62. The number of hydrogen-bond donors (Lipinski definition) is 0. The Morgan fingerprint density at radius 2 is 1.96 bits per heavy atom. The Morgan fingerprint density at radius 1 is 1.19 bits per heavy atom. The number of ether oxygens (including phenoxy) is 2. The number of thiazole rings is 1. The Kier molecular flexibility index (Phi) is 5.76. The zero-order valence-electron chi connectivity index (χ0n) is 14.0. The summed E-state index contributed by atoms with van der Waals surface area (Å²) in [6, 6.07) is 13.8. The minimum Gasteiger partial charge on any atom is -0.497 e. The maximum atomic E-state index is 13.5. The normalized spacial score (nSPS) is 10.8. The van der Waals surface area contributed by atoms with Crippen molar-refractivity contribution in [1.82, 2.24) is 4.98 Å². The van der Waals surface area contributed by atoms with Crippen LogP contribution >= 0.6 is 11.3 Å². The lowest BCUT2D eigenvalue weighted by molar-refractivity contribution is -0.139. The largest absolute Gasteiger partial charge is 0.497 e. The van der Waals surface area contributed by atoms with Gasteiger partial charge in [0.05, 0.1) is 12.8 Å². The Hall–Kier alpha value is -2.99. The number of esters is 1. The van der Waals surface area contributed by atoms with Crippen molar-refractivity contribution in [1.29, 1.82) is 0 Å². The molecule has 0 radical (unpaired) electrons. The number of carbonyl (C=O) groups excluding carboxylic acids is 1. The zero-order chi connectivity index (χ0) is 18.4. The maximum absolute atomic E-state index is 13.5. The first kappa shape index (κ1) is 17.8. The summed E-state index contributed by atoms with van der Waals surface area (Å²) < 4.78 is 23.8. The van der Waals surface area contributed by atoms with Crippen molar-refractivity contribution in [3.8, 4) is 16.3 Å². The molecule has 0 aliphatic carbocycles. The van der Waals surface area contributed by atoms with Crippen LogP contribution in [0.1, 0.15) is 11.3 Å². The number of carbonyl (C=O) groups is 1. The third kappa shape index (κ3) is 4.55. The highest BCUT2D eigenvalue weighted by Gasteiger charge is 2.07. The Labute approximate surface area is 154 Å². The van der Waals surface area contributed by atoms with Crippen molar-refractivity contribution >= 4 is 23.4 Å². The summed E-state index contributed by atoms with van der Waals surface area (Å²) in [5, 5.41) is 2.67. The molecule has 132 valence electrons. The van der Waals surface area contributed by atoms with Crippen molar-refractivity contribution in [2.45, 2.75) is 6.61 Å². The molecule has 0 saturated carbocycles. The molecule has 0 atom stereocenters. The van der Waals surface area contributed by atoms with Crippen LogP contribution in [0.5, 0.6) is 5.75 Å². The SMILES string of the molecule is COc1ccc(-c2nc(COC(=O)/C=C/c3ccccc3F)cs2)cc1. The highest BCUT2D eigenvalue weighted by molar-refractivity contribution is 7.13. The topological polar surface area (TPSA) is 48.4 Å². The standard InChI is InChI=1S/C20H16FNO3S/c1-24-17-9-6-15(7-10-17)20-22-16(13-26-20)12-25-19(23)11-8-14-4-2-3-5-18(14)21/h2-11,13H,12H2,1H3/b11-8+. The molecule has 1 heterocycles. The van der Waals surface area contributed by atoms with E-state index in [4.69, 9.17) is 9.47 Å². The average molecular weight is 369 g/mol. The van der Waals surface area contributed by atoms with E-state index >= 15 is 0 Å². The molecule has 0 aliphatic rings. The summed E-state index contributed by atoms with van der Waals surface area (Å²) >= 11 is 1.47. The molecule has 0 spiro atoms. The van der Waals surface area contributed by atoms with Crippen LogP contribution < -0.4 is 4.74 Å². The van der Waals surface area contributed by atoms with Gasteiger partial charge >= 0.3 is 5.97 Å². The highest BCUT2D eigenvalue weighted by Crippen LogP contribution is 2.25. The van der Waals surface area contributed by atoms with Crippen LogP contribution in [0.4, 0.5) is 4.39 Å². The van der Waals surface area contributed by atoms with E-state index in [9.17, 15) is 9.18 Å². The molecule has 0 fully saturated rings. The summed E-state index contributed by atoms with van der Waals surface area (Å²) in [5.41, 5.74) is 1.96. The van der Waals surface area contributed by atoms with Gasteiger partial charge in [-0.15, -0.1) is 11.3 Å². The van der Waals surface area contributed by atoms with E-state index in [0.717, 1.165) is 16.3 Å². The van der Waals surface area contributed by atoms with E-state index in [-0.39, 0.29) is 12.4 Å². The first-order valence-electron chi connectivity index (χ1n) is 7.84. The summed E-state index contributed by atoms with van der Waals surface area (Å²) in [6.07, 6.45) is 2.59. The maximum Gasteiger partial charge on any atom is 0.331 e. The van der Waals surface area contributed by atoms with Gasteiger partial charge in [0.2, 0.25) is 0 Å². The smallest absolute Gasteiger partial charge is 0.331 e. The first-order chi connectivity index (χ1) is 12.7. The monoisotopic (exact) mass is 369 g/mol. The van der Waals surface area contributed by atoms with E-state index in [1.807, 2.05) is 29.6 Å². The number of hydrogen-bond acceptors (Lipinski definition) is 5. The predicted molar refractivity (Wildman–Crippen MR) is 99.3 cm³/mol. The molecule has 0 amide bonds. The molecule has 2 aromatic carbocycles. The fourth-order valence-corrected chi connectivity index (χ4v) is 3.01. The van der Waals surface area contributed by atoms with E-state index < -0.39 is 5.97 Å². The average Bonchev–Trinajstić information content (AvgIpc) is 3.15. The zero-order valence-corrected chi connectivity index (χ0v) is 14.8. The van der Waals surface area contributed by atoms with Crippen LogP contribution in [-0.4, -0.2) is 18.1 Å². The van der Waals surface area contributed by atoms with Gasteiger partial charge in [0.15, 0.2) is 0 Å². The predicted octanol–water partition coefficient (Wildman–Crippen LogP) is 4.71. The number of halogens is 1. The molecule has 0 unspecified atom stereocenters. The van der Waals surface area contributed by atoms with Crippen molar-refractivity contribution in [3.63, 3.8) is 0 Å². The van der Waals surface area contributed by atoms with E-state index in [1.165, 1.54) is 29.6 Å². The second-order valence-electron chi connectivity index (χ2n) is 5.34. The highest BCUT2D eigenvalue weighted by atomic mass is 32.1. The molecule has 0 N–H and O–H groups in total. The van der Waals surface area contributed by atoms with Gasteiger partial charge in [-0.1, -0.05) is 18.2 Å². The van der Waals surface area contributed by atoms with Crippen molar-refractivity contribution in [2.75, 3.05) is 7.11 Å². The van der Waals surface area contributed by atoms with Crippen LogP contribution in [0.2, 0.25) is 0 Å². The number of rotatable bonds is 6. The number of nitrogens with zero attached hydrogens (tertiary/aromatic N) is 1. The molecule has 0 bridgehead atoms. The molecule has 6 heteroatoms. The van der Waals surface area contributed by atoms with Gasteiger partial charge in [-0.2, -0.15) is 0 Å². The number of aromatic nitrogens is 1. The van der Waals surface area contributed by atoms with Crippen molar-refractivity contribution in [3.05, 3.63) is 77.1 Å². The van der Waals surface area contributed by atoms with Gasteiger partial charge < -0.3 is 9.47 Å². The van der Waals surface area contributed by atoms with Gasteiger partial charge in [-0.05, 0) is 36.4 Å². The van der Waals surface area contributed by atoms with Gasteiger partial charge in [0.1, 0.15) is 23.2 Å². The molecule has 3 aromatic rings. The fraction of sp³-hybridized carbons (Fsp3) is 0.100. The molecule has 4 nitrogen and oxygen atoms in total. The van der Waals surface area contributed by atoms with Crippen LogP contribution in [0, 0.1) is 5.82 Å². The van der Waals surface area contributed by atoms with Crippen molar-refractivity contribution in [2.24, 2.45) is 0 Å². The van der Waals surface area contributed by atoms with E-state index in [2.05, 4.69) is 4.98 Å². The summed E-state index contributed by atoms with van der Waals surface area (Å²) in [5.74, 6) is -0.159. The van der Waals surface area contributed by atoms with Crippen molar-refractivity contribution < 1.29 is 18.7 Å². The molecule has 1 aromatic heterocycles. The quantitative estimate of drug-likeness (QED) is 0.466. The summed E-state index contributed by atoms with van der Waals surface area (Å²) in [6.45, 7) is 0.0626. The van der Waals surface area contributed by atoms with Crippen LogP contribution in [0.25, 0.3) is 16.6 Å². The van der Waals surface area contributed by atoms with Crippen LogP contribution in [-0.2, 0) is 16.1 Å². The second-order valence-corrected chi connectivity index (χ2v) is 6.19. The molecule has 0 saturated heterocycles. The van der Waals surface area contributed by atoms with Gasteiger partial charge in [0.25, 0.3) is 0 Å². The molecular formula is C20H16FNO3S. The number of methoxy groups -OCH3 is 1. The summed E-state index contributed by atoms with van der Waals surface area (Å²) in [4.78, 5) is 16.2. The van der Waals surface area contributed by atoms with Crippen LogP contribution in [0.3, 0.4) is 0 Å². The second kappa shape index (κ2) is 8.40. The Balaban J connectivity index is 1.57. The lowest BCUT2D eigenvalue weighted by Crippen LogP contribution is -2.01. The Morgan fingerprint density at radius 3 is 2.69 bits per heavy atom. The molecule has 0 aliphatic heterocycles. The number of benzene rings is 2. The minimum absolute atomic E-state index is 0.0626. The van der Waals surface area contributed by atoms with Gasteiger partial charge in [-0.3, -0.25) is 0 Å². The molecular weight excluding hydrogens is 353 g/mol. The van der Waals surface area contributed by atoms with E-state index in [1.54, 1.807) is 25.3 Å². The van der Waals surface area contributed by atoms with Gasteiger partial charge in [-0.25, -0.2) is 14.2 Å². The lowest BCUT2D eigenvalue weighted by Gasteiger charge is -2.01. The molecule has 3 rings (SSSR count). The minimum atomic E-state index is -0.549. The third-order valence-corrected chi connectivity index (χ3v) is 4.50. The van der Waals surface area contributed by atoms with Crippen LogP contribution in [0.15, 0.2) is 60.0 Å². The fourth-order valence-electron chi connectivity index (χ4n) is 2.20. The third-order valence-electron chi connectivity index (χ3n) is 3.56.